The molecule has 2 aliphatic heterocycles. The maximum Gasteiger partial charge on any atom is 0.0249 e. The summed E-state index contributed by atoms with van der Waals surface area (Å²) in [6, 6.07) is 0.635. The van der Waals surface area contributed by atoms with Crippen molar-refractivity contribution in [3.8, 4) is 0 Å². The number of hydrogen-bond acceptors (Lipinski definition) is 3. The molecule has 0 saturated carbocycles. The van der Waals surface area contributed by atoms with Crippen LogP contribution in [0.5, 0.6) is 0 Å². The lowest BCUT2D eigenvalue weighted by molar-refractivity contribution is 0.325. The predicted molar refractivity (Wildman–Crippen MR) is 69.2 cm³/mol. The van der Waals surface area contributed by atoms with Gasteiger partial charge < -0.3 is 10.2 Å². The normalized spacial score (nSPS) is 32.0. The first kappa shape index (κ1) is 12.5. The van der Waals surface area contributed by atoms with E-state index in [1.54, 1.807) is 0 Å². The average molecular weight is 244 g/mol. The molecule has 0 aromatic heterocycles. The van der Waals surface area contributed by atoms with Gasteiger partial charge in [-0.3, -0.25) is 4.21 Å². The first-order valence-corrected chi connectivity index (χ1v) is 8.14. The summed E-state index contributed by atoms with van der Waals surface area (Å²) in [6.07, 6.45) is 6.26. The zero-order valence-corrected chi connectivity index (χ0v) is 10.9. The van der Waals surface area contributed by atoms with Crippen molar-refractivity contribution in [3.05, 3.63) is 0 Å². The Balaban J connectivity index is 1.49. The van der Waals surface area contributed by atoms with Crippen molar-refractivity contribution in [1.82, 2.24) is 10.2 Å². The SMILES string of the molecule is O=S1CCC(NCCCN2CCCC2)CC1. The second-order valence-electron chi connectivity index (χ2n) is 4.98. The van der Waals surface area contributed by atoms with Gasteiger partial charge in [0, 0.05) is 28.3 Å². The van der Waals surface area contributed by atoms with Crippen molar-refractivity contribution in [1.29, 1.82) is 0 Å². The lowest BCUT2D eigenvalue weighted by Gasteiger charge is -2.23. The maximum atomic E-state index is 11.2. The van der Waals surface area contributed by atoms with Crippen molar-refractivity contribution in [3.63, 3.8) is 0 Å². The van der Waals surface area contributed by atoms with Gasteiger partial charge in [0.05, 0.1) is 0 Å². The number of rotatable bonds is 5. The zero-order chi connectivity index (χ0) is 11.2. The monoisotopic (exact) mass is 244 g/mol. The number of hydrogen-bond donors (Lipinski definition) is 1. The topological polar surface area (TPSA) is 32.3 Å². The van der Waals surface area contributed by atoms with E-state index < -0.39 is 10.8 Å². The highest BCUT2D eigenvalue weighted by Crippen LogP contribution is 2.10. The Morgan fingerprint density at radius 2 is 1.88 bits per heavy atom. The van der Waals surface area contributed by atoms with Crippen LogP contribution in [0.3, 0.4) is 0 Å². The van der Waals surface area contributed by atoms with Crippen LogP contribution in [0.4, 0.5) is 0 Å². The molecule has 0 amide bonds. The molecule has 2 fully saturated rings. The van der Waals surface area contributed by atoms with E-state index in [2.05, 4.69) is 10.2 Å². The van der Waals surface area contributed by atoms with Gasteiger partial charge >= 0.3 is 0 Å². The van der Waals surface area contributed by atoms with Crippen LogP contribution in [0.25, 0.3) is 0 Å². The molecule has 2 saturated heterocycles. The highest BCUT2D eigenvalue weighted by atomic mass is 32.2. The first-order valence-electron chi connectivity index (χ1n) is 6.65. The maximum absolute atomic E-state index is 11.2. The van der Waals surface area contributed by atoms with Gasteiger partial charge in [0.25, 0.3) is 0 Å². The molecule has 3 nitrogen and oxygen atoms in total. The van der Waals surface area contributed by atoms with E-state index in [4.69, 9.17) is 0 Å². The summed E-state index contributed by atoms with van der Waals surface area (Å²) in [5, 5.41) is 3.60. The summed E-state index contributed by atoms with van der Waals surface area (Å²) in [5.41, 5.74) is 0. The summed E-state index contributed by atoms with van der Waals surface area (Å²) in [5.74, 6) is 1.81. The van der Waals surface area contributed by atoms with Gasteiger partial charge in [-0.05, 0) is 58.3 Å². The van der Waals surface area contributed by atoms with Gasteiger partial charge in [0.15, 0.2) is 0 Å². The molecule has 0 spiro atoms. The van der Waals surface area contributed by atoms with E-state index in [9.17, 15) is 4.21 Å². The first-order chi connectivity index (χ1) is 7.84. The molecule has 94 valence electrons. The van der Waals surface area contributed by atoms with Crippen LogP contribution in [0.1, 0.15) is 32.1 Å². The molecule has 0 radical (unpaired) electrons. The average Bonchev–Trinajstić information content (AvgIpc) is 2.80. The van der Waals surface area contributed by atoms with Crippen LogP contribution in [-0.4, -0.2) is 52.8 Å². The zero-order valence-electron chi connectivity index (χ0n) is 10.1. The lowest BCUT2D eigenvalue weighted by atomic mass is 10.1. The highest BCUT2D eigenvalue weighted by Gasteiger charge is 2.17. The standard InChI is InChI=1S/C12H24N2OS/c15-16-10-4-12(5-11-16)13-6-3-9-14-7-1-2-8-14/h12-13H,1-11H2. The molecule has 2 heterocycles. The minimum Gasteiger partial charge on any atom is -0.314 e. The van der Waals surface area contributed by atoms with Crippen molar-refractivity contribution in [2.24, 2.45) is 0 Å². The van der Waals surface area contributed by atoms with E-state index in [1.807, 2.05) is 0 Å². The van der Waals surface area contributed by atoms with Crippen LogP contribution in [0, 0.1) is 0 Å². The molecular formula is C12H24N2OS. The van der Waals surface area contributed by atoms with Crippen LogP contribution in [-0.2, 0) is 10.8 Å². The van der Waals surface area contributed by atoms with Gasteiger partial charge in [-0.2, -0.15) is 0 Å². The molecule has 0 aromatic carbocycles. The number of nitrogens with one attached hydrogen (secondary N) is 1. The molecule has 1 N–H and O–H groups in total. The highest BCUT2D eigenvalue weighted by molar-refractivity contribution is 7.85. The molecule has 0 aromatic rings. The van der Waals surface area contributed by atoms with Crippen LogP contribution < -0.4 is 5.32 Å². The Morgan fingerprint density at radius 1 is 1.19 bits per heavy atom. The fourth-order valence-electron chi connectivity index (χ4n) is 2.61. The predicted octanol–water partition coefficient (Wildman–Crippen LogP) is 0.973. The van der Waals surface area contributed by atoms with E-state index in [-0.39, 0.29) is 0 Å². The summed E-state index contributed by atoms with van der Waals surface area (Å²) >= 11 is 0. The minimum atomic E-state index is -0.518. The molecule has 0 aliphatic carbocycles. The van der Waals surface area contributed by atoms with E-state index in [0.29, 0.717) is 6.04 Å². The summed E-state index contributed by atoms with van der Waals surface area (Å²) in [4.78, 5) is 2.57. The van der Waals surface area contributed by atoms with Crippen LogP contribution in [0.2, 0.25) is 0 Å². The summed E-state index contributed by atoms with van der Waals surface area (Å²) < 4.78 is 11.2. The van der Waals surface area contributed by atoms with Gasteiger partial charge in [-0.15, -0.1) is 0 Å². The van der Waals surface area contributed by atoms with E-state index in [0.717, 1.165) is 30.9 Å². The fraction of sp³-hybridized carbons (Fsp3) is 1.00. The summed E-state index contributed by atoms with van der Waals surface area (Å²) in [7, 11) is -0.518. The van der Waals surface area contributed by atoms with Crippen molar-refractivity contribution < 1.29 is 4.21 Å². The largest absolute Gasteiger partial charge is 0.314 e. The van der Waals surface area contributed by atoms with Crippen LogP contribution in [0.15, 0.2) is 0 Å². The van der Waals surface area contributed by atoms with Crippen molar-refractivity contribution >= 4 is 10.8 Å². The molecular weight excluding hydrogens is 220 g/mol. The number of likely N-dealkylation sites (tertiary alicyclic amines) is 1. The molecule has 2 aliphatic rings. The van der Waals surface area contributed by atoms with Gasteiger partial charge in [0.1, 0.15) is 0 Å². The van der Waals surface area contributed by atoms with Crippen LogP contribution >= 0.6 is 0 Å². The second-order valence-corrected chi connectivity index (χ2v) is 6.67. The van der Waals surface area contributed by atoms with Gasteiger partial charge in [0.2, 0.25) is 0 Å². The quantitative estimate of drug-likeness (QED) is 0.732. The Bertz CT molecular complexity index is 219. The van der Waals surface area contributed by atoms with Crippen molar-refractivity contribution in [2.75, 3.05) is 37.7 Å². The van der Waals surface area contributed by atoms with E-state index >= 15 is 0 Å². The fourth-order valence-corrected chi connectivity index (χ4v) is 3.91. The third-order valence-electron chi connectivity index (χ3n) is 3.67. The smallest absolute Gasteiger partial charge is 0.0249 e. The molecule has 2 rings (SSSR count). The Kier molecular flexibility index (Phi) is 5.26. The molecule has 0 atom stereocenters. The Hall–Kier alpha value is 0.0700. The third-order valence-corrected chi connectivity index (χ3v) is 5.05. The molecule has 0 bridgehead atoms. The van der Waals surface area contributed by atoms with Crippen molar-refractivity contribution in [2.45, 2.75) is 38.1 Å². The number of nitrogens with zero attached hydrogens (tertiary/aromatic N) is 1. The van der Waals surface area contributed by atoms with Gasteiger partial charge in [-0.1, -0.05) is 0 Å². The molecule has 0 unspecified atom stereocenters. The summed E-state index contributed by atoms with van der Waals surface area (Å²) in [6.45, 7) is 5.00. The molecule has 16 heavy (non-hydrogen) atoms. The lowest BCUT2D eigenvalue weighted by Crippen LogP contribution is -2.37. The third kappa shape index (κ3) is 4.15. The van der Waals surface area contributed by atoms with E-state index in [1.165, 1.54) is 38.9 Å². The minimum absolute atomic E-state index is 0.518. The Labute approximate surface area is 101 Å². The second kappa shape index (κ2) is 6.72. The van der Waals surface area contributed by atoms with Gasteiger partial charge in [-0.25, -0.2) is 0 Å². The Morgan fingerprint density at radius 3 is 2.56 bits per heavy atom. The molecule has 4 heteroatoms.